The first kappa shape index (κ1) is 16.8. The lowest BCUT2D eigenvalue weighted by molar-refractivity contribution is -0.136. The number of ether oxygens (including phenoxy) is 1. The van der Waals surface area contributed by atoms with Crippen molar-refractivity contribution in [2.45, 2.75) is 32.1 Å². The first-order valence-corrected chi connectivity index (χ1v) is 9.36. The van der Waals surface area contributed by atoms with E-state index < -0.39 is 0 Å². The van der Waals surface area contributed by atoms with Crippen molar-refractivity contribution in [3.8, 4) is 11.5 Å². The van der Waals surface area contributed by atoms with Crippen LogP contribution < -0.4 is 10.1 Å². The third-order valence-corrected chi connectivity index (χ3v) is 5.52. The number of rotatable bonds is 4. The molecule has 1 N–H and O–H groups in total. The topological polar surface area (TPSA) is 55.4 Å². The van der Waals surface area contributed by atoms with E-state index in [1.54, 1.807) is 0 Å². The van der Waals surface area contributed by atoms with Gasteiger partial charge in [-0.3, -0.25) is 9.59 Å². The molecule has 4 nitrogen and oxygen atoms in total. The lowest BCUT2D eigenvalue weighted by atomic mass is 9.67. The van der Waals surface area contributed by atoms with Crippen LogP contribution in [0.15, 0.2) is 54.6 Å². The molecule has 2 fully saturated rings. The van der Waals surface area contributed by atoms with Gasteiger partial charge in [0.15, 0.2) is 0 Å². The Kier molecular flexibility index (Phi) is 4.74. The molecule has 134 valence electrons. The van der Waals surface area contributed by atoms with Gasteiger partial charge in [-0.25, -0.2) is 0 Å². The van der Waals surface area contributed by atoms with Crippen LogP contribution in [0.1, 0.15) is 32.1 Å². The zero-order valence-electron chi connectivity index (χ0n) is 14.7. The average Bonchev–Trinajstić information content (AvgIpc) is 2.64. The molecule has 0 radical (unpaired) electrons. The van der Waals surface area contributed by atoms with Gasteiger partial charge in [0.1, 0.15) is 17.3 Å². The first-order valence-electron chi connectivity index (χ1n) is 9.36. The molecule has 1 amide bonds. The number of anilines is 1. The van der Waals surface area contributed by atoms with Crippen molar-refractivity contribution in [1.29, 1.82) is 0 Å². The van der Waals surface area contributed by atoms with Crippen LogP contribution in [0.5, 0.6) is 11.5 Å². The molecule has 0 saturated heterocycles. The number of amides is 1. The third kappa shape index (κ3) is 3.64. The van der Waals surface area contributed by atoms with Crippen LogP contribution in [0.25, 0.3) is 0 Å². The highest BCUT2D eigenvalue weighted by Crippen LogP contribution is 2.40. The molecule has 2 saturated carbocycles. The van der Waals surface area contributed by atoms with Crippen molar-refractivity contribution in [2.75, 3.05) is 5.32 Å². The second-order valence-electron chi connectivity index (χ2n) is 7.32. The molecule has 4 rings (SSSR count). The molecule has 2 atom stereocenters. The largest absolute Gasteiger partial charge is 0.457 e. The van der Waals surface area contributed by atoms with Gasteiger partial charge in [-0.15, -0.1) is 0 Å². The number of carbonyl (C=O) groups is 2. The van der Waals surface area contributed by atoms with E-state index in [1.165, 1.54) is 0 Å². The van der Waals surface area contributed by atoms with E-state index in [0.29, 0.717) is 18.6 Å². The summed E-state index contributed by atoms with van der Waals surface area (Å²) in [5, 5.41) is 3.00. The molecule has 0 heterocycles. The Bertz CT molecular complexity index is 769. The molecule has 2 aliphatic carbocycles. The number of ketones is 1. The normalized spacial score (nSPS) is 24.8. The summed E-state index contributed by atoms with van der Waals surface area (Å²) in [4.78, 5) is 24.8. The number of nitrogens with one attached hydrogen (secondary N) is 1. The molecule has 2 unspecified atom stereocenters. The number of para-hydroxylation sites is 1. The van der Waals surface area contributed by atoms with Gasteiger partial charge < -0.3 is 10.1 Å². The molecule has 0 aromatic heterocycles. The Morgan fingerprint density at radius 1 is 0.885 bits per heavy atom. The van der Waals surface area contributed by atoms with Crippen LogP contribution in [0, 0.1) is 17.8 Å². The molecule has 0 spiro atoms. The zero-order valence-corrected chi connectivity index (χ0v) is 14.7. The number of hydrogen-bond acceptors (Lipinski definition) is 3. The van der Waals surface area contributed by atoms with E-state index in [-0.39, 0.29) is 23.7 Å². The Hall–Kier alpha value is -2.62. The Labute approximate surface area is 153 Å². The fourth-order valence-electron chi connectivity index (χ4n) is 4.17. The molecule has 2 aromatic rings. The van der Waals surface area contributed by atoms with Crippen molar-refractivity contribution in [3.63, 3.8) is 0 Å². The molecular formula is C22H23NO3. The second kappa shape index (κ2) is 7.32. The smallest absolute Gasteiger partial charge is 0.227 e. The van der Waals surface area contributed by atoms with Crippen molar-refractivity contribution in [3.05, 3.63) is 54.6 Å². The molecule has 4 heteroatoms. The minimum absolute atomic E-state index is 0.0335. The van der Waals surface area contributed by atoms with Gasteiger partial charge >= 0.3 is 0 Å². The molecule has 0 aliphatic heterocycles. The van der Waals surface area contributed by atoms with E-state index in [4.69, 9.17) is 4.74 Å². The van der Waals surface area contributed by atoms with Gasteiger partial charge in [-0.05, 0) is 62.1 Å². The van der Waals surface area contributed by atoms with Gasteiger partial charge in [-0.2, -0.15) is 0 Å². The maximum Gasteiger partial charge on any atom is 0.227 e. The van der Waals surface area contributed by atoms with Crippen LogP contribution in [-0.4, -0.2) is 11.7 Å². The summed E-state index contributed by atoms with van der Waals surface area (Å²) >= 11 is 0. The van der Waals surface area contributed by atoms with Crippen LogP contribution in [0.3, 0.4) is 0 Å². The minimum Gasteiger partial charge on any atom is -0.457 e. The lowest BCUT2D eigenvalue weighted by Gasteiger charge is -2.36. The summed E-state index contributed by atoms with van der Waals surface area (Å²) in [6.07, 6.45) is 4.43. The SMILES string of the molecule is O=C(Nc1ccc(Oc2ccccc2)cc1)C1CC2CCCC(C1)C2=O. The number of fused-ring (bicyclic) bond motifs is 2. The lowest BCUT2D eigenvalue weighted by Crippen LogP contribution is -2.40. The van der Waals surface area contributed by atoms with Gasteiger partial charge in [-0.1, -0.05) is 24.6 Å². The molecule has 2 bridgehead atoms. The number of benzene rings is 2. The van der Waals surface area contributed by atoms with Gasteiger partial charge in [0, 0.05) is 23.4 Å². The fraction of sp³-hybridized carbons (Fsp3) is 0.364. The highest BCUT2D eigenvalue weighted by molar-refractivity contribution is 5.95. The molecule has 2 aromatic carbocycles. The van der Waals surface area contributed by atoms with Crippen LogP contribution >= 0.6 is 0 Å². The second-order valence-corrected chi connectivity index (χ2v) is 7.32. The predicted octanol–water partition coefficient (Wildman–Crippen LogP) is 4.81. The number of hydrogen-bond donors (Lipinski definition) is 1. The monoisotopic (exact) mass is 349 g/mol. The van der Waals surface area contributed by atoms with Gasteiger partial charge in [0.05, 0.1) is 0 Å². The van der Waals surface area contributed by atoms with Crippen molar-refractivity contribution >= 4 is 17.4 Å². The number of Topliss-reactive ketones (excluding diaryl/α,β-unsaturated/α-hetero) is 1. The highest BCUT2D eigenvalue weighted by Gasteiger charge is 2.41. The van der Waals surface area contributed by atoms with Crippen molar-refractivity contribution in [1.82, 2.24) is 0 Å². The highest BCUT2D eigenvalue weighted by atomic mass is 16.5. The Morgan fingerprint density at radius 3 is 2.15 bits per heavy atom. The Morgan fingerprint density at radius 2 is 1.50 bits per heavy atom. The van der Waals surface area contributed by atoms with Gasteiger partial charge in [0.25, 0.3) is 0 Å². The van der Waals surface area contributed by atoms with E-state index in [9.17, 15) is 9.59 Å². The quantitative estimate of drug-likeness (QED) is 0.861. The standard InChI is InChI=1S/C22H23NO3/c24-21-15-5-4-6-16(21)14-17(13-15)22(25)23-18-9-11-20(12-10-18)26-19-7-2-1-3-8-19/h1-3,7-12,15-17H,4-6,13-14H2,(H,23,25). The van der Waals surface area contributed by atoms with Gasteiger partial charge in [0.2, 0.25) is 5.91 Å². The maximum absolute atomic E-state index is 12.6. The average molecular weight is 349 g/mol. The first-order chi connectivity index (χ1) is 12.7. The predicted molar refractivity (Wildman–Crippen MR) is 100 cm³/mol. The van der Waals surface area contributed by atoms with E-state index in [2.05, 4.69) is 5.32 Å². The van der Waals surface area contributed by atoms with E-state index in [1.807, 2.05) is 54.6 Å². The summed E-state index contributed by atoms with van der Waals surface area (Å²) < 4.78 is 5.77. The maximum atomic E-state index is 12.6. The molecular weight excluding hydrogens is 326 g/mol. The Balaban J connectivity index is 1.36. The number of carbonyl (C=O) groups excluding carboxylic acids is 2. The summed E-state index contributed by atoms with van der Waals surface area (Å²) in [7, 11) is 0. The zero-order chi connectivity index (χ0) is 17.9. The van der Waals surface area contributed by atoms with Crippen LogP contribution in [0.4, 0.5) is 5.69 Å². The van der Waals surface area contributed by atoms with E-state index >= 15 is 0 Å². The van der Waals surface area contributed by atoms with Crippen LogP contribution in [-0.2, 0) is 9.59 Å². The van der Waals surface area contributed by atoms with E-state index in [0.717, 1.165) is 36.4 Å². The summed E-state index contributed by atoms with van der Waals surface area (Å²) in [6.45, 7) is 0. The summed E-state index contributed by atoms with van der Waals surface area (Å²) in [6, 6.07) is 17.0. The molecule has 2 aliphatic rings. The van der Waals surface area contributed by atoms with Crippen LogP contribution in [0.2, 0.25) is 0 Å². The third-order valence-electron chi connectivity index (χ3n) is 5.52. The van der Waals surface area contributed by atoms with Crippen molar-refractivity contribution in [2.24, 2.45) is 17.8 Å². The minimum atomic E-state index is -0.0526. The fourth-order valence-corrected chi connectivity index (χ4v) is 4.17. The summed E-state index contributed by atoms with van der Waals surface area (Å²) in [5.41, 5.74) is 0.762. The molecule has 26 heavy (non-hydrogen) atoms. The summed E-state index contributed by atoms with van der Waals surface area (Å²) in [5.74, 6) is 2.08. The van der Waals surface area contributed by atoms with Crippen molar-refractivity contribution < 1.29 is 14.3 Å².